The van der Waals surface area contributed by atoms with Gasteiger partial charge in [-0.05, 0) is 38.1 Å². The zero-order valence-corrected chi connectivity index (χ0v) is 9.94. The van der Waals surface area contributed by atoms with Crippen LogP contribution in [0.1, 0.15) is 24.0 Å². The van der Waals surface area contributed by atoms with E-state index in [2.05, 4.69) is 17.0 Å². The molecule has 3 nitrogen and oxygen atoms in total. The molecule has 0 fully saturated rings. The lowest BCUT2D eigenvalue weighted by atomic mass is 10.0. The summed E-state index contributed by atoms with van der Waals surface area (Å²) >= 11 is 0. The van der Waals surface area contributed by atoms with Crippen molar-refractivity contribution < 1.29 is 9.90 Å². The largest absolute Gasteiger partial charge is 0.481 e. The maximum Gasteiger partial charge on any atom is 0.303 e. The molecule has 0 heterocycles. The van der Waals surface area contributed by atoms with Gasteiger partial charge < -0.3 is 10.0 Å². The molecule has 0 atom stereocenters. The molecular weight excluding hydrogens is 202 g/mol. The first-order valence-corrected chi connectivity index (χ1v) is 5.53. The normalized spacial score (nSPS) is 10.7. The molecule has 1 rings (SSSR count). The molecule has 0 bridgehead atoms. The molecule has 0 saturated heterocycles. The number of aryl methyl sites for hydroxylation is 1. The Kier molecular flexibility index (Phi) is 4.99. The van der Waals surface area contributed by atoms with Crippen molar-refractivity contribution in [2.45, 2.75) is 25.8 Å². The zero-order chi connectivity index (χ0) is 12.0. The summed E-state index contributed by atoms with van der Waals surface area (Å²) in [6.07, 6.45) is 1.80. The number of nitrogens with zero attached hydrogens (tertiary/aromatic N) is 1. The quantitative estimate of drug-likeness (QED) is 0.800. The molecule has 3 heteroatoms. The fraction of sp³-hybridized carbons (Fsp3) is 0.462. The highest BCUT2D eigenvalue weighted by atomic mass is 16.4. The van der Waals surface area contributed by atoms with E-state index in [0.717, 1.165) is 13.0 Å². The second-order valence-corrected chi connectivity index (χ2v) is 4.25. The van der Waals surface area contributed by atoms with Crippen molar-refractivity contribution in [1.82, 2.24) is 4.90 Å². The van der Waals surface area contributed by atoms with Gasteiger partial charge >= 0.3 is 5.97 Å². The van der Waals surface area contributed by atoms with Gasteiger partial charge in [0.25, 0.3) is 0 Å². The Balaban J connectivity index is 2.60. The molecular formula is C13H19NO2. The maximum atomic E-state index is 10.4. The first-order chi connectivity index (χ1) is 7.59. The number of carboxylic acid groups (broad SMARTS) is 1. The first kappa shape index (κ1) is 12.7. The molecule has 0 aromatic heterocycles. The molecule has 0 saturated carbocycles. The van der Waals surface area contributed by atoms with Crippen molar-refractivity contribution in [1.29, 1.82) is 0 Å². The molecule has 1 aromatic rings. The van der Waals surface area contributed by atoms with Gasteiger partial charge in [-0.2, -0.15) is 0 Å². The van der Waals surface area contributed by atoms with Gasteiger partial charge in [0, 0.05) is 13.0 Å². The number of hydrogen-bond donors (Lipinski definition) is 1. The van der Waals surface area contributed by atoms with Crippen LogP contribution in [0.15, 0.2) is 24.3 Å². The van der Waals surface area contributed by atoms with E-state index >= 15 is 0 Å². The minimum absolute atomic E-state index is 0.246. The number of carbonyl (C=O) groups is 1. The summed E-state index contributed by atoms with van der Waals surface area (Å²) in [7, 11) is 4.07. The highest BCUT2D eigenvalue weighted by molar-refractivity contribution is 5.66. The van der Waals surface area contributed by atoms with Gasteiger partial charge in [-0.25, -0.2) is 0 Å². The van der Waals surface area contributed by atoms with E-state index in [-0.39, 0.29) is 6.42 Å². The fourth-order valence-electron chi connectivity index (χ4n) is 1.73. The average molecular weight is 221 g/mol. The van der Waals surface area contributed by atoms with Gasteiger partial charge in [0.2, 0.25) is 0 Å². The van der Waals surface area contributed by atoms with Gasteiger partial charge in [-0.15, -0.1) is 0 Å². The van der Waals surface area contributed by atoms with Crippen LogP contribution in [0.2, 0.25) is 0 Å². The summed E-state index contributed by atoms with van der Waals surface area (Å²) in [6.45, 7) is 0.906. The Hall–Kier alpha value is -1.35. The molecule has 0 aliphatic carbocycles. The molecule has 0 unspecified atom stereocenters. The van der Waals surface area contributed by atoms with Crippen LogP contribution in [0, 0.1) is 0 Å². The van der Waals surface area contributed by atoms with Crippen molar-refractivity contribution >= 4 is 5.97 Å². The Morgan fingerprint density at radius 2 is 1.88 bits per heavy atom. The Labute approximate surface area is 96.7 Å². The lowest BCUT2D eigenvalue weighted by Crippen LogP contribution is -2.12. The van der Waals surface area contributed by atoms with Crippen LogP contribution in [0.25, 0.3) is 0 Å². The van der Waals surface area contributed by atoms with Crippen molar-refractivity contribution in [3.63, 3.8) is 0 Å². The summed E-state index contributed by atoms with van der Waals surface area (Å²) in [4.78, 5) is 12.6. The van der Waals surface area contributed by atoms with Crippen molar-refractivity contribution in [2.75, 3.05) is 14.1 Å². The Morgan fingerprint density at radius 1 is 1.25 bits per heavy atom. The van der Waals surface area contributed by atoms with Crippen LogP contribution in [0.3, 0.4) is 0 Å². The number of aliphatic carboxylic acids is 1. The third-order valence-corrected chi connectivity index (χ3v) is 2.44. The number of rotatable bonds is 6. The lowest BCUT2D eigenvalue weighted by Gasteiger charge is -2.13. The second-order valence-electron chi connectivity index (χ2n) is 4.25. The van der Waals surface area contributed by atoms with Gasteiger partial charge in [-0.1, -0.05) is 24.3 Å². The minimum atomic E-state index is -0.718. The minimum Gasteiger partial charge on any atom is -0.481 e. The topological polar surface area (TPSA) is 40.5 Å². The standard InChI is InChI=1S/C13H19NO2/c1-14(2)10-12-7-4-3-6-11(12)8-5-9-13(15)16/h3-4,6-7H,5,8-10H2,1-2H3,(H,15,16). The van der Waals surface area contributed by atoms with Crippen LogP contribution in [-0.2, 0) is 17.8 Å². The van der Waals surface area contributed by atoms with Gasteiger partial charge in [0.15, 0.2) is 0 Å². The summed E-state index contributed by atoms with van der Waals surface area (Å²) in [5.74, 6) is -0.718. The predicted octanol–water partition coefficient (Wildman–Crippen LogP) is 2.16. The number of carboxylic acids is 1. The SMILES string of the molecule is CN(C)Cc1ccccc1CCCC(=O)O. The summed E-state index contributed by atoms with van der Waals surface area (Å²) in [5.41, 5.74) is 2.55. The predicted molar refractivity (Wildman–Crippen MR) is 64.4 cm³/mol. The maximum absolute atomic E-state index is 10.4. The highest BCUT2D eigenvalue weighted by Crippen LogP contribution is 2.13. The number of benzene rings is 1. The molecule has 0 spiro atoms. The summed E-state index contributed by atoms with van der Waals surface area (Å²) in [6, 6.07) is 8.23. The first-order valence-electron chi connectivity index (χ1n) is 5.53. The molecule has 0 radical (unpaired) electrons. The van der Waals surface area contributed by atoms with E-state index in [9.17, 15) is 4.79 Å². The monoisotopic (exact) mass is 221 g/mol. The fourth-order valence-corrected chi connectivity index (χ4v) is 1.73. The van der Waals surface area contributed by atoms with Crippen LogP contribution in [-0.4, -0.2) is 30.1 Å². The lowest BCUT2D eigenvalue weighted by molar-refractivity contribution is -0.137. The van der Waals surface area contributed by atoms with E-state index in [0.29, 0.717) is 6.42 Å². The van der Waals surface area contributed by atoms with Crippen LogP contribution >= 0.6 is 0 Å². The molecule has 88 valence electrons. The van der Waals surface area contributed by atoms with Crippen molar-refractivity contribution in [3.8, 4) is 0 Å². The Bertz CT molecular complexity index is 348. The van der Waals surface area contributed by atoms with E-state index in [1.807, 2.05) is 26.2 Å². The molecule has 1 aromatic carbocycles. The van der Waals surface area contributed by atoms with Crippen LogP contribution in [0.5, 0.6) is 0 Å². The number of hydrogen-bond acceptors (Lipinski definition) is 2. The smallest absolute Gasteiger partial charge is 0.303 e. The van der Waals surface area contributed by atoms with E-state index in [1.165, 1.54) is 11.1 Å². The van der Waals surface area contributed by atoms with E-state index in [1.54, 1.807) is 0 Å². The summed E-state index contributed by atoms with van der Waals surface area (Å²) < 4.78 is 0. The zero-order valence-electron chi connectivity index (χ0n) is 9.94. The van der Waals surface area contributed by atoms with Gasteiger partial charge in [0.05, 0.1) is 0 Å². The third kappa shape index (κ3) is 4.45. The van der Waals surface area contributed by atoms with Gasteiger partial charge in [0.1, 0.15) is 0 Å². The third-order valence-electron chi connectivity index (χ3n) is 2.44. The Morgan fingerprint density at radius 3 is 2.44 bits per heavy atom. The van der Waals surface area contributed by atoms with Crippen LogP contribution in [0.4, 0.5) is 0 Å². The van der Waals surface area contributed by atoms with Gasteiger partial charge in [-0.3, -0.25) is 4.79 Å². The molecule has 1 N–H and O–H groups in total. The van der Waals surface area contributed by atoms with Crippen molar-refractivity contribution in [2.24, 2.45) is 0 Å². The molecule has 16 heavy (non-hydrogen) atoms. The second kappa shape index (κ2) is 6.28. The molecule has 0 amide bonds. The van der Waals surface area contributed by atoms with E-state index in [4.69, 9.17) is 5.11 Å². The molecule has 0 aliphatic rings. The van der Waals surface area contributed by atoms with Crippen LogP contribution < -0.4 is 0 Å². The molecule has 0 aliphatic heterocycles. The van der Waals surface area contributed by atoms with E-state index < -0.39 is 5.97 Å². The summed E-state index contributed by atoms with van der Waals surface area (Å²) in [5, 5.41) is 8.60. The highest BCUT2D eigenvalue weighted by Gasteiger charge is 2.04. The average Bonchev–Trinajstić information content (AvgIpc) is 2.19. The van der Waals surface area contributed by atoms with Crippen molar-refractivity contribution in [3.05, 3.63) is 35.4 Å².